The minimum Gasteiger partial charge on any atom is -0.363 e. The Bertz CT molecular complexity index is 1060. The molecule has 7 nitrogen and oxygen atoms in total. The Morgan fingerprint density at radius 1 is 1.28 bits per heavy atom. The molecule has 0 fully saturated rings. The average molecular weight is 551 g/mol. The van der Waals surface area contributed by atoms with Gasteiger partial charge in [0.2, 0.25) is 15.9 Å². The predicted octanol–water partition coefficient (Wildman–Crippen LogP) is 4.44. The summed E-state index contributed by atoms with van der Waals surface area (Å²) < 4.78 is 64.6. The van der Waals surface area contributed by atoms with Crippen molar-refractivity contribution in [3.05, 3.63) is 47.0 Å². The van der Waals surface area contributed by atoms with E-state index in [0.29, 0.717) is 22.9 Å². The van der Waals surface area contributed by atoms with Gasteiger partial charge in [0.25, 0.3) is 0 Å². The van der Waals surface area contributed by atoms with Gasteiger partial charge >= 0.3 is 6.18 Å². The number of carbonyl (C=O) groups excluding carboxylic acids is 1. The van der Waals surface area contributed by atoms with Gasteiger partial charge in [-0.15, -0.1) is 0 Å². The van der Waals surface area contributed by atoms with E-state index in [0.717, 1.165) is 12.0 Å². The zero-order valence-corrected chi connectivity index (χ0v) is 22.4. The molecule has 0 saturated heterocycles. The maximum absolute atomic E-state index is 13.0. The van der Waals surface area contributed by atoms with Crippen LogP contribution in [-0.4, -0.2) is 61.1 Å². The fraction of sp³-hybridized carbons (Fsp3) is 0.583. The van der Waals surface area contributed by atoms with Crippen LogP contribution >= 0.6 is 11.6 Å². The van der Waals surface area contributed by atoms with E-state index in [2.05, 4.69) is 22.2 Å². The van der Waals surface area contributed by atoms with E-state index in [1.165, 1.54) is 4.31 Å². The van der Waals surface area contributed by atoms with Crippen LogP contribution < -0.4 is 10.6 Å². The van der Waals surface area contributed by atoms with Crippen molar-refractivity contribution in [3.63, 3.8) is 0 Å². The van der Waals surface area contributed by atoms with E-state index in [1.54, 1.807) is 38.1 Å². The smallest absolute Gasteiger partial charge is 0.363 e. The van der Waals surface area contributed by atoms with E-state index in [1.807, 2.05) is 6.92 Å². The molecule has 1 atom stereocenters. The van der Waals surface area contributed by atoms with Gasteiger partial charge in [-0.25, -0.2) is 8.42 Å². The first-order valence-corrected chi connectivity index (χ1v) is 13.7. The maximum Gasteiger partial charge on any atom is 0.390 e. The van der Waals surface area contributed by atoms with Crippen molar-refractivity contribution in [1.82, 2.24) is 14.9 Å². The molecule has 0 radical (unpaired) electrons. The molecule has 2 rings (SSSR count). The van der Waals surface area contributed by atoms with Crippen LogP contribution in [0.4, 0.5) is 13.2 Å². The van der Waals surface area contributed by atoms with Crippen LogP contribution in [0, 0.1) is 0 Å². The van der Waals surface area contributed by atoms with Crippen LogP contribution in [0.1, 0.15) is 52.0 Å². The highest BCUT2D eigenvalue weighted by Crippen LogP contribution is 2.24. The second-order valence-electron chi connectivity index (χ2n) is 9.37. The molecule has 0 aromatic heterocycles. The first-order valence-electron chi connectivity index (χ1n) is 11.8. The quantitative estimate of drug-likeness (QED) is 0.380. The molecule has 0 unspecified atom stereocenters. The topological polar surface area (TPSA) is 90.9 Å². The molecule has 36 heavy (non-hydrogen) atoms. The molecule has 0 spiro atoms. The molecule has 2 N–H and O–H groups in total. The van der Waals surface area contributed by atoms with Gasteiger partial charge < -0.3 is 10.6 Å². The second kappa shape index (κ2) is 12.4. The third-order valence-corrected chi connectivity index (χ3v) is 7.91. The summed E-state index contributed by atoms with van der Waals surface area (Å²) in [7, 11) is -3.54. The fourth-order valence-electron chi connectivity index (χ4n) is 3.63. The Balaban J connectivity index is 2.09. The molecule has 202 valence electrons. The van der Waals surface area contributed by atoms with Crippen molar-refractivity contribution in [2.45, 2.75) is 70.8 Å². The van der Waals surface area contributed by atoms with Gasteiger partial charge in [0.1, 0.15) is 5.84 Å². The van der Waals surface area contributed by atoms with Crippen LogP contribution in [-0.2, 0) is 21.4 Å². The van der Waals surface area contributed by atoms with Crippen LogP contribution in [0.3, 0.4) is 0 Å². The number of unbranched alkanes of at least 4 members (excludes halogenated alkanes) is 1. The number of hydrogen-bond donors (Lipinski definition) is 2. The molecule has 0 bridgehead atoms. The first kappa shape index (κ1) is 30.1. The molecule has 1 amide bonds. The van der Waals surface area contributed by atoms with Crippen molar-refractivity contribution < 1.29 is 26.4 Å². The van der Waals surface area contributed by atoms with Crippen molar-refractivity contribution in [2.24, 2.45) is 4.99 Å². The highest BCUT2D eigenvalue weighted by Gasteiger charge is 2.41. The molecular formula is C24H34ClF3N4O3S. The number of rotatable bonds is 13. The van der Waals surface area contributed by atoms with E-state index in [-0.39, 0.29) is 25.3 Å². The van der Waals surface area contributed by atoms with Crippen molar-refractivity contribution >= 4 is 33.4 Å². The average Bonchev–Trinajstić information content (AvgIpc) is 3.10. The number of nitrogens with one attached hydrogen (secondary N) is 2. The normalized spacial score (nSPS) is 17.6. The number of amides is 1. The Morgan fingerprint density at radius 2 is 1.92 bits per heavy atom. The predicted molar refractivity (Wildman–Crippen MR) is 136 cm³/mol. The van der Waals surface area contributed by atoms with E-state index in [4.69, 9.17) is 11.6 Å². The minimum atomic E-state index is -4.37. The summed E-state index contributed by atoms with van der Waals surface area (Å²) in [5.74, 6) is -0.255. The zero-order chi connectivity index (χ0) is 27.1. The number of hydrogen-bond acceptors (Lipinski definition) is 5. The lowest BCUT2D eigenvalue weighted by atomic mass is 9.96. The summed E-state index contributed by atoms with van der Waals surface area (Å²) in [5, 5.41) is 5.94. The summed E-state index contributed by atoms with van der Waals surface area (Å²) in [6.45, 7) is 9.15. The number of amidine groups is 1. The number of aliphatic imine (C=N–C) groups is 1. The Labute approximate surface area is 216 Å². The van der Waals surface area contributed by atoms with Crippen LogP contribution in [0.2, 0.25) is 5.02 Å². The number of nitrogens with zero attached hydrogens (tertiary/aromatic N) is 2. The lowest BCUT2D eigenvalue weighted by Crippen LogP contribution is -2.51. The highest BCUT2D eigenvalue weighted by molar-refractivity contribution is 7.89. The number of benzene rings is 1. The summed E-state index contributed by atoms with van der Waals surface area (Å²) in [6.07, 6.45) is -3.96. The van der Waals surface area contributed by atoms with Crippen LogP contribution in [0.25, 0.3) is 0 Å². The first-order chi connectivity index (χ1) is 16.6. The maximum atomic E-state index is 13.0. The summed E-state index contributed by atoms with van der Waals surface area (Å²) in [5.41, 5.74) is 0.440. The number of alkyl halides is 3. The van der Waals surface area contributed by atoms with Crippen molar-refractivity contribution in [1.29, 1.82) is 0 Å². The van der Waals surface area contributed by atoms with Gasteiger partial charge in [-0.1, -0.05) is 43.7 Å². The molecule has 1 aliphatic rings. The number of sulfonamides is 1. The Hall–Kier alpha value is -2.11. The fourth-order valence-corrected chi connectivity index (χ4v) is 5.38. The van der Waals surface area contributed by atoms with E-state index < -0.39 is 46.7 Å². The molecule has 1 heterocycles. The zero-order valence-electron chi connectivity index (χ0n) is 20.8. The molecule has 1 aliphatic heterocycles. The Morgan fingerprint density at radius 3 is 2.50 bits per heavy atom. The molecule has 1 aromatic carbocycles. The van der Waals surface area contributed by atoms with Crippen LogP contribution in [0.15, 0.2) is 41.4 Å². The summed E-state index contributed by atoms with van der Waals surface area (Å²) in [4.78, 5) is 16.9. The van der Waals surface area contributed by atoms with Crippen molar-refractivity contribution in [2.75, 3.05) is 18.8 Å². The minimum absolute atomic E-state index is 0.0238. The molecule has 0 saturated carbocycles. The third-order valence-electron chi connectivity index (χ3n) is 5.76. The lowest BCUT2D eigenvalue weighted by molar-refractivity contribution is -0.136. The van der Waals surface area contributed by atoms with Crippen LogP contribution in [0.5, 0.6) is 0 Å². The summed E-state index contributed by atoms with van der Waals surface area (Å²) in [6, 6.07) is 5.99. The Kier molecular flexibility index (Phi) is 10.4. The third kappa shape index (κ3) is 9.08. The monoisotopic (exact) mass is 550 g/mol. The number of carbonyl (C=O) groups is 1. The summed E-state index contributed by atoms with van der Waals surface area (Å²) >= 11 is 5.95. The number of halogens is 4. The van der Waals surface area contributed by atoms with E-state index in [9.17, 15) is 26.4 Å². The van der Waals surface area contributed by atoms with Gasteiger partial charge in [-0.05, 0) is 50.0 Å². The highest BCUT2D eigenvalue weighted by atomic mass is 35.5. The standard InChI is InChI=1S/C24H34ClF3N4O3S/c1-5-6-15-36(34,35)32(16-18-7-9-19(25)10-8-18)14-11-17(2)21-30-20(23(3,4)31-21)22(33)29-13-12-24(26,27)28/h7-10,20H,2,5-6,11-16H2,1,3-4H3,(H,29,33)(H,30,31)/t20-/m0/s1. The van der Waals surface area contributed by atoms with Gasteiger partial charge in [0.15, 0.2) is 6.04 Å². The van der Waals surface area contributed by atoms with Gasteiger partial charge in [0.05, 0.1) is 17.7 Å². The molecular weight excluding hydrogens is 517 g/mol. The van der Waals surface area contributed by atoms with Gasteiger partial charge in [0, 0.05) is 24.7 Å². The van der Waals surface area contributed by atoms with Gasteiger partial charge in [-0.3, -0.25) is 9.79 Å². The second-order valence-corrected chi connectivity index (χ2v) is 11.9. The van der Waals surface area contributed by atoms with Crippen molar-refractivity contribution in [3.8, 4) is 0 Å². The lowest BCUT2D eigenvalue weighted by Gasteiger charge is -2.26. The SMILES string of the molecule is C=C(CCN(Cc1ccc(Cl)cc1)S(=O)(=O)CCCC)C1=N[C@@H](C(=O)NCCC(F)(F)F)C(C)(C)N1. The largest absolute Gasteiger partial charge is 0.390 e. The molecule has 1 aromatic rings. The molecule has 0 aliphatic carbocycles. The van der Waals surface area contributed by atoms with E-state index >= 15 is 0 Å². The van der Waals surface area contributed by atoms with Gasteiger partial charge in [-0.2, -0.15) is 17.5 Å². The molecule has 12 heteroatoms.